The number of urea groups is 1. The molecule has 2 amide bonds. The zero-order chi connectivity index (χ0) is 15.2. The van der Waals surface area contributed by atoms with Crippen LogP contribution in [0.4, 0.5) is 10.5 Å². The van der Waals surface area contributed by atoms with Crippen LogP contribution in [-0.4, -0.2) is 41.7 Å². The number of nitrogens with one attached hydrogen (secondary N) is 1. The third-order valence-electron chi connectivity index (χ3n) is 3.19. The van der Waals surface area contributed by atoms with Gasteiger partial charge in [-0.25, -0.2) is 9.59 Å². The van der Waals surface area contributed by atoms with Gasteiger partial charge in [0, 0.05) is 18.8 Å². The molecular weight excluding hydrogens is 272 g/mol. The Hall–Kier alpha value is -2.50. The summed E-state index contributed by atoms with van der Waals surface area (Å²) in [4.78, 5) is 24.2. The molecule has 1 aromatic rings. The number of amides is 2. The number of hydrogen-bond donors (Lipinski definition) is 2. The minimum absolute atomic E-state index is 0.141. The minimum Gasteiger partial charge on any atom is -0.482 e. The lowest BCUT2D eigenvalue weighted by Crippen LogP contribution is -2.37. The van der Waals surface area contributed by atoms with E-state index in [4.69, 9.17) is 9.84 Å². The summed E-state index contributed by atoms with van der Waals surface area (Å²) in [6.07, 6.45) is 2.95. The van der Waals surface area contributed by atoms with Crippen LogP contribution in [0, 0.1) is 0 Å². The van der Waals surface area contributed by atoms with Gasteiger partial charge in [0.05, 0.1) is 0 Å². The van der Waals surface area contributed by atoms with Gasteiger partial charge >= 0.3 is 12.0 Å². The molecule has 0 atom stereocenters. The van der Waals surface area contributed by atoms with Crippen LogP contribution in [0.1, 0.15) is 13.3 Å². The number of carbonyl (C=O) groups excluding carboxylic acids is 1. The van der Waals surface area contributed by atoms with Crippen LogP contribution in [0.5, 0.6) is 5.75 Å². The van der Waals surface area contributed by atoms with E-state index in [1.807, 2.05) is 6.08 Å². The van der Waals surface area contributed by atoms with Crippen molar-refractivity contribution in [2.24, 2.45) is 0 Å². The summed E-state index contributed by atoms with van der Waals surface area (Å²) >= 11 is 0. The largest absolute Gasteiger partial charge is 0.482 e. The average molecular weight is 290 g/mol. The van der Waals surface area contributed by atoms with E-state index >= 15 is 0 Å². The monoisotopic (exact) mass is 290 g/mol. The summed E-state index contributed by atoms with van der Waals surface area (Å²) in [5.74, 6) is -0.576. The SMILES string of the molecule is CC1=CCN(C(=O)Nc2ccc(OCC(=O)O)cc2)CC1. The summed E-state index contributed by atoms with van der Waals surface area (Å²) in [7, 11) is 0. The number of ether oxygens (including phenoxy) is 1. The molecule has 112 valence electrons. The quantitative estimate of drug-likeness (QED) is 0.834. The van der Waals surface area contributed by atoms with Gasteiger partial charge in [0.15, 0.2) is 6.61 Å². The summed E-state index contributed by atoms with van der Waals surface area (Å²) in [6.45, 7) is 3.02. The van der Waals surface area contributed by atoms with Gasteiger partial charge < -0.3 is 20.1 Å². The molecule has 0 aliphatic carbocycles. The predicted molar refractivity (Wildman–Crippen MR) is 78.5 cm³/mol. The number of benzene rings is 1. The summed E-state index contributed by atoms with van der Waals surface area (Å²) in [5, 5.41) is 11.3. The van der Waals surface area contributed by atoms with Crippen LogP contribution < -0.4 is 10.1 Å². The Bertz CT molecular complexity index is 551. The first-order valence-electron chi connectivity index (χ1n) is 6.71. The van der Waals surface area contributed by atoms with Crippen molar-refractivity contribution < 1.29 is 19.4 Å². The fourth-order valence-corrected chi connectivity index (χ4v) is 1.94. The average Bonchev–Trinajstić information content (AvgIpc) is 2.47. The lowest BCUT2D eigenvalue weighted by Gasteiger charge is -2.25. The highest BCUT2D eigenvalue weighted by atomic mass is 16.5. The molecule has 1 aliphatic heterocycles. The predicted octanol–water partition coefficient (Wildman–Crippen LogP) is 2.33. The van der Waals surface area contributed by atoms with Crippen LogP contribution in [0.2, 0.25) is 0 Å². The second-order valence-electron chi connectivity index (χ2n) is 4.88. The van der Waals surface area contributed by atoms with E-state index in [9.17, 15) is 9.59 Å². The Balaban J connectivity index is 1.88. The van der Waals surface area contributed by atoms with Gasteiger partial charge in [-0.15, -0.1) is 0 Å². The zero-order valence-electron chi connectivity index (χ0n) is 11.8. The highest BCUT2D eigenvalue weighted by Crippen LogP contribution is 2.17. The van der Waals surface area contributed by atoms with Crippen molar-refractivity contribution in [1.29, 1.82) is 0 Å². The molecule has 1 aromatic carbocycles. The smallest absolute Gasteiger partial charge is 0.341 e. The fourth-order valence-electron chi connectivity index (χ4n) is 1.94. The molecule has 2 N–H and O–H groups in total. The van der Waals surface area contributed by atoms with Crippen LogP contribution in [0.3, 0.4) is 0 Å². The number of aliphatic carboxylic acids is 1. The molecule has 0 aromatic heterocycles. The van der Waals surface area contributed by atoms with Crippen molar-refractivity contribution in [3.63, 3.8) is 0 Å². The number of anilines is 1. The number of carbonyl (C=O) groups is 2. The van der Waals surface area contributed by atoms with Crippen molar-refractivity contribution in [3.8, 4) is 5.75 Å². The molecule has 6 heteroatoms. The van der Waals surface area contributed by atoms with Crippen LogP contribution in [0.25, 0.3) is 0 Å². The van der Waals surface area contributed by atoms with E-state index in [2.05, 4.69) is 12.2 Å². The third kappa shape index (κ3) is 4.52. The molecule has 1 aliphatic rings. The lowest BCUT2D eigenvalue weighted by molar-refractivity contribution is -0.139. The van der Waals surface area contributed by atoms with E-state index in [1.54, 1.807) is 29.2 Å². The molecular formula is C15H18N2O4. The molecule has 21 heavy (non-hydrogen) atoms. The Morgan fingerprint density at radius 3 is 2.62 bits per heavy atom. The van der Waals surface area contributed by atoms with Crippen LogP contribution >= 0.6 is 0 Å². The van der Waals surface area contributed by atoms with Gasteiger partial charge in [-0.1, -0.05) is 11.6 Å². The minimum atomic E-state index is -1.03. The number of rotatable bonds is 4. The molecule has 0 spiro atoms. The van der Waals surface area contributed by atoms with Gasteiger partial charge in [-0.05, 0) is 37.6 Å². The van der Waals surface area contributed by atoms with E-state index in [0.717, 1.165) is 6.42 Å². The molecule has 0 unspecified atom stereocenters. The Morgan fingerprint density at radius 2 is 2.05 bits per heavy atom. The zero-order valence-corrected chi connectivity index (χ0v) is 11.8. The molecule has 0 fully saturated rings. The maximum Gasteiger partial charge on any atom is 0.341 e. The van der Waals surface area contributed by atoms with Crippen LogP contribution in [-0.2, 0) is 4.79 Å². The number of carboxylic acid groups (broad SMARTS) is 1. The van der Waals surface area contributed by atoms with Crippen molar-refractivity contribution in [1.82, 2.24) is 4.90 Å². The molecule has 0 saturated heterocycles. The van der Waals surface area contributed by atoms with Gasteiger partial charge in [0.25, 0.3) is 0 Å². The maximum atomic E-state index is 12.1. The maximum absolute atomic E-state index is 12.1. The Labute approximate surface area is 123 Å². The summed E-state index contributed by atoms with van der Waals surface area (Å²) < 4.78 is 5.03. The lowest BCUT2D eigenvalue weighted by atomic mass is 10.1. The van der Waals surface area contributed by atoms with E-state index < -0.39 is 5.97 Å². The second kappa shape index (κ2) is 6.78. The van der Waals surface area contributed by atoms with E-state index in [1.165, 1.54) is 5.57 Å². The van der Waals surface area contributed by atoms with Gasteiger partial charge in [0.1, 0.15) is 5.75 Å². The van der Waals surface area contributed by atoms with Crippen molar-refractivity contribution in [2.45, 2.75) is 13.3 Å². The second-order valence-corrected chi connectivity index (χ2v) is 4.88. The van der Waals surface area contributed by atoms with Gasteiger partial charge in [-0.3, -0.25) is 0 Å². The number of nitrogens with zero attached hydrogens (tertiary/aromatic N) is 1. The molecule has 1 heterocycles. The normalized spacial score (nSPS) is 14.3. The van der Waals surface area contributed by atoms with Crippen molar-refractivity contribution in [3.05, 3.63) is 35.9 Å². The Morgan fingerprint density at radius 1 is 1.33 bits per heavy atom. The molecule has 2 rings (SSSR count). The van der Waals surface area contributed by atoms with Crippen molar-refractivity contribution in [2.75, 3.05) is 25.0 Å². The van der Waals surface area contributed by atoms with Gasteiger partial charge in [0.2, 0.25) is 0 Å². The molecule has 0 saturated carbocycles. The molecule has 0 radical (unpaired) electrons. The van der Waals surface area contributed by atoms with Gasteiger partial charge in [-0.2, -0.15) is 0 Å². The first-order valence-corrected chi connectivity index (χ1v) is 6.71. The van der Waals surface area contributed by atoms with Crippen molar-refractivity contribution >= 4 is 17.7 Å². The standard InChI is InChI=1S/C15H18N2O4/c1-11-6-8-17(9-7-11)15(20)16-12-2-4-13(5-3-12)21-10-14(18)19/h2-6H,7-10H2,1H3,(H,16,20)(H,18,19). The van der Waals surface area contributed by atoms with Crippen LogP contribution in [0.15, 0.2) is 35.9 Å². The fraction of sp³-hybridized carbons (Fsp3) is 0.333. The topological polar surface area (TPSA) is 78.9 Å². The highest BCUT2D eigenvalue weighted by Gasteiger charge is 2.15. The molecule has 0 bridgehead atoms. The first kappa shape index (κ1) is 14.9. The Kier molecular flexibility index (Phi) is 4.81. The first-order chi connectivity index (χ1) is 10.0. The third-order valence-corrected chi connectivity index (χ3v) is 3.19. The highest BCUT2D eigenvalue weighted by molar-refractivity contribution is 5.89. The number of hydrogen-bond acceptors (Lipinski definition) is 3. The summed E-state index contributed by atoms with van der Waals surface area (Å²) in [6, 6.07) is 6.47. The molecule has 6 nitrogen and oxygen atoms in total. The van der Waals surface area contributed by atoms with E-state index in [0.29, 0.717) is 24.5 Å². The van der Waals surface area contributed by atoms with E-state index in [-0.39, 0.29) is 12.6 Å². The summed E-state index contributed by atoms with van der Waals surface area (Å²) in [5.41, 5.74) is 1.95. The number of carboxylic acids is 1.